The molecule has 0 amide bonds. The molecule has 0 spiro atoms. The van der Waals surface area contributed by atoms with Gasteiger partial charge in [-0.1, -0.05) is 12.8 Å². The molecule has 1 aliphatic carbocycles. The number of esters is 2. The van der Waals surface area contributed by atoms with Gasteiger partial charge in [-0.15, -0.1) is 0 Å². The van der Waals surface area contributed by atoms with E-state index in [1.54, 1.807) is 0 Å². The molecule has 1 heterocycles. The van der Waals surface area contributed by atoms with Gasteiger partial charge in [-0.05, 0) is 31.0 Å². The molecule has 1 saturated carbocycles. The largest absolute Gasteiger partial charge is 0.465 e. The Bertz CT molecular complexity index is 834. The van der Waals surface area contributed by atoms with Crippen molar-refractivity contribution in [2.24, 2.45) is 0 Å². The van der Waals surface area contributed by atoms with Gasteiger partial charge in [0.05, 0.1) is 49.0 Å². The van der Waals surface area contributed by atoms with Crippen LogP contribution in [0.3, 0.4) is 0 Å². The zero-order valence-electron chi connectivity index (χ0n) is 15.3. The maximum atomic E-state index is 13.5. The van der Waals surface area contributed by atoms with Crippen LogP contribution in [0, 0.1) is 0 Å². The summed E-state index contributed by atoms with van der Waals surface area (Å²) < 4.78 is 43.5. The van der Waals surface area contributed by atoms with Crippen LogP contribution in [0.1, 0.15) is 46.4 Å². The monoisotopic (exact) mass is 397 g/mol. The van der Waals surface area contributed by atoms with E-state index < -0.39 is 22.0 Å². The van der Waals surface area contributed by atoms with Gasteiger partial charge < -0.3 is 14.2 Å². The lowest BCUT2D eigenvalue weighted by Gasteiger charge is -2.42. The van der Waals surface area contributed by atoms with E-state index in [9.17, 15) is 18.0 Å². The summed E-state index contributed by atoms with van der Waals surface area (Å²) in [7, 11) is -1.65. The molecule has 9 heteroatoms. The molecule has 1 aromatic carbocycles. The standard InChI is InChI=1S/C18H23NO7S/c1-24-17(20)12-7-8-13(18(21)25-2)16(11-12)27(22,23)19-9-10-26-15-6-4-3-5-14(15)19/h7-8,11,14-15H,3-6,9-10H2,1-2H3. The zero-order chi connectivity index (χ0) is 19.6. The molecule has 27 heavy (non-hydrogen) atoms. The molecule has 0 radical (unpaired) electrons. The van der Waals surface area contributed by atoms with Crippen LogP contribution >= 0.6 is 0 Å². The van der Waals surface area contributed by atoms with Gasteiger partial charge in [-0.2, -0.15) is 4.31 Å². The van der Waals surface area contributed by atoms with Crippen molar-refractivity contribution in [3.05, 3.63) is 29.3 Å². The molecule has 2 fully saturated rings. The number of methoxy groups -OCH3 is 2. The van der Waals surface area contributed by atoms with Gasteiger partial charge in [0.25, 0.3) is 0 Å². The molecule has 1 aromatic rings. The highest BCUT2D eigenvalue weighted by Crippen LogP contribution is 2.33. The fourth-order valence-electron chi connectivity index (χ4n) is 3.74. The SMILES string of the molecule is COC(=O)c1ccc(C(=O)OC)c(S(=O)(=O)N2CCOC3CCCCC32)c1. The first-order chi connectivity index (χ1) is 12.9. The van der Waals surface area contributed by atoms with Gasteiger partial charge in [-0.3, -0.25) is 0 Å². The number of hydrogen-bond donors (Lipinski definition) is 0. The molecule has 1 aliphatic heterocycles. The van der Waals surface area contributed by atoms with E-state index in [0.29, 0.717) is 13.0 Å². The number of carbonyl (C=O) groups excluding carboxylic acids is 2. The molecule has 0 bridgehead atoms. The highest BCUT2D eigenvalue weighted by atomic mass is 32.2. The number of morpholine rings is 1. The van der Waals surface area contributed by atoms with Crippen molar-refractivity contribution in [2.75, 3.05) is 27.4 Å². The third-order valence-corrected chi connectivity index (χ3v) is 7.04. The Hall–Kier alpha value is -1.97. The van der Waals surface area contributed by atoms with E-state index >= 15 is 0 Å². The van der Waals surface area contributed by atoms with Gasteiger partial charge in [-0.25, -0.2) is 18.0 Å². The summed E-state index contributed by atoms with van der Waals surface area (Å²) in [6, 6.07) is 3.54. The summed E-state index contributed by atoms with van der Waals surface area (Å²) in [5.74, 6) is -1.46. The molecule has 2 atom stereocenters. The number of carbonyl (C=O) groups is 2. The van der Waals surface area contributed by atoms with Crippen molar-refractivity contribution in [3.8, 4) is 0 Å². The number of benzene rings is 1. The molecular formula is C18H23NO7S. The quantitative estimate of drug-likeness (QED) is 0.712. The number of rotatable bonds is 4. The summed E-state index contributed by atoms with van der Waals surface area (Å²) in [6.07, 6.45) is 3.28. The Balaban J connectivity index is 2.08. The van der Waals surface area contributed by atoms with Crippen molar-refractivity contribution in [3.63, 3.8) is 0 Å². The number of sulfonamides is 1. The van der Waals surface area contributed by atoms with E-state index in [2.05, 4.69) is 4.74 Å². The van der Waals surface area contributed by atoms with Gasteiger partial charge in [0.15, 0.2) is 0 Å². The molecule has 0 aromatic heterocycles. The van der Waals surface area contributed by atoms with E-state index in [-0.39, 0.29) is 34.7 Å². The predicted octanol–water partition coefficient (Wildman–Crippen LogP) is 1.59. The van der Waals surface area contributed by atoms with Crippen LogP contribution < -0.4 is 0 Å². The van der Waals surface area contributed by atoms with Crippen molar-refractivity contribution in [1.29, 1.82) is 0 Å². The Kier molecular flexibility index (Phi) is 5.83. The minimum absolute atomic E-state index is 0.0529. The van der Waals surface area contributed by atoms with Crippen LogP contribution in [0.5, 0.6) is 0 Å². The summed E-state index contributed by atoms with van der Waals surface area (Å²) in [4.78, 5) is 23.8. The lowest BCUT2D eigenvalue weighted by molar-refractivity contribution is -0.0586. The third-order valence-electron chi connectivity index (χ3n) is 5.08. The van der Waals surface area contributed by atoms with E-state index in [0.717, 1.165) is 19.3 Å². The van der Waals surface area contributed by atoms with Crippen LogP contribution in [-0.4, -0.2) is 64.2 Å². The Morgan fingerprint density at radius 2 is 1.81 bits per heavy atom. The van der Waals surface area contributed by atoms with Crippen LogP contribution in [-0.2, 0) is 24.2 Å². The van der Waals surface area contributed by atoms with E-state index in [1.807, 2.05) is 0 Å². The topological polar surface area (TPSA) is 99.2 Å². The maximum absolute atomic E-state index is 13.5. The van der Waals surface area contributed by atoms with Gasteiger partial charge in [0.1, 0.15) is 0 Å². The average molecular weight is 397 g/mol. The fraction of sp³-hybridized carbons (Fsp3) is 0.556. The van der Waals surface area contributed by atoms with E-state index in [1.165, 1.54) is 36.7 Å². The Labute approximate surface area is 158 Å². The highest BCUT2D eigenvalue weighted by molar-refractivity contribution is 7.89. The zero-order valence-corrected chi connectivity index (χ0v) is 16.2. The van der Waals surface area contributed by atoms with Gasteiger partial charge in [0.2, 0.25) is 10.0 Å². The fourth-order valence-corrected chi connectivity index (χ4v) is 5.62. The predicted molar refractivity (Wildman–Crippen MR) is 95.0 cm³/mol. The lowest BCUT2D eigenvalue weighted by Crippen LogP contribution is -2.54. The van der Waals surface area contributed by atoms with Gasteiger partial charge in [0, 0.05) is 6.54 Å². The van der Waals surface area contributed by atoms with Crippen molar-refractivity contribution in [2.45, 2.75) is 42.7 Å². The smallest absolute Gasteiger partial charge is 0.339 e. The summed E-state index contributed by atoms with van der Waals surface area (Å²) in [6.45, 7) is 0.497. The molecule has 8 nitrogen and oxygen atoms in total. The first-order valence-electron chi connectivity index (χ1n) is 8.84. The highest BCUT2D eigenvalue weighted by Gasteiger charge is 2.42. The molecule has 148 valence electrons. The molecule has 3 rings (SSSR count). The Morgan fingerprint density at radius 3 is 2.52 bits per heavy atom. The molecule has 1 saturated heterocycles. The number of ether oxygens (including phenoxy) is 3. The van der Waals surface area contributed by atoms with Gasteiger partial charge >= 0.3 is 11.9 Å². The lowest BCUT2D eigenvalue weighted by atomic mass is 9.91. The molecular weight excluding hydrogens is 374 g/mol. The second-order valence-corrected chi connectivity index (χ2v) is 8.43. The van der Waals surface area contributed by atoms with Crippen molar-refractivity contribution >= 4 is 22.0 Å². The maximum Gasteiger partial charge on any atom is 0.339 e. The average Bonchev–Trinajstić information content (AvgIpc) is 2.71. The number of hydrogen-bond acceptors (Lipinski definition) is 7. The van der Waals surface area contributed by atoms with Crippen molar-refractivity contribution in [1.82, 2.24) is 4.31 Å². The van der Waals surface area contributed by atoms with Crippen molar-refractivity contribution < 1.29 is 32.2 Å². The Morgan fingerprint density at radius 1 is 1.11 bits per heavy atom. The minimum Gasteiger partial charge on any atom is -0.465 e. The first-order valence-corrected chi connectivity index (χ1v) is 10.3. The molecule has 0 N–H and O–H groups in total. The molecule has 2 unspecified atom stereocenters. The second-order valence-electron chi connectivity index (χ2n) is 6.57. The normalized spacial score (nSPS) is 23.3. The summed E-state index contributed by atoms with van der Waals surface area (Å²) in [5, 5.41) is 0. The summed E-state index contributed by atoms with van der Waals surface area (Å²) >= 11 is 0. The van der Waals surface area contributed by atoms with Crippen LogP contribution in [0.25, 0.3) is 0 Å². The second kappa shape index (κ2) is 7.95. The minimum atomic E-state index is -4.04. The number of nitrogens with zero attached hydrogens (tertiary/aromatic N) is 1. The third kappa shape index (κ3) is 3.71. The van der Waals surface area contributed by atoms with Crippen LogP contribution in [0.2, 0.25) is 0 Å². The summed E-state index contributed by atoms with van der Waals surface area (Å²) in [5.41, 5.74) is -0.0545. The van der Waals surface area contributed by atoms with E-state index in [4.69, 9.17) is 9.47 Å². The number of fused-ring (bicyclic) bond motifs is 1. The van der Waals surface area contributed by atoms with Crippen LogP contribution in [0.4, 0.5) is 0 Å². The first kappa shape index (κ1) is 19.8. The van der Waals surface area contributed by atoms with Crippen LogP contribution in [0.15, 0.2) is 23.1 Å². The molecule has 2 aliphatic rings.